The molecule has 4 heterocycles. The fourth-order valence-electron chi connectivity index (χ4n) is 3.72. The van der Waals surface area contributed by atoms with Crippen LogP contribution in [-0.4, -0.2) is 41.9 Å². The van der Waals surface area contributed by atoms with Gasteiger partial charge in [0.15, 0.2) is 0 Å². The van der Waals surface area contributed by atoms with Crippen molar-refractivity contribution in [1.82, 2.24) is 20.4 Å². The van der Waals surface area contributed by atoms with E-state index in [2.05, 4.69) is 51.1 Å². The Morgan fingerprint density at radius 2 is 2.37 bits per heavy atom. The molecule has 0 aromatic rings. The Hall–Kier alpha value is -1.26. The zero-order valence-electron chi connectivity index (χ0n) is 11.3. The Morgan fingerprint density at radius 3 is 3.37 bits per heavy atom. The number of rotatable bonds is 2. The third kappa shape index (κ3) is 1.99. The van der Waals surface area contributed by atoms with Crippen LogP contribution in [0, 0.1) is 5.92 Å². The highest BCUT2D eigenvalue weighted by molar-refractivity contribution is 5.31. The minimum Gasteiger partial charge on any atom is -0.372 e. The molecule has 1 fully saturated rings. The van der Waals surface area contributed by atoms with E-state index >= 15 is 0 Å². The van der Waals surface area contributed by atoms with E-state index < -0.39 is 0 Å². The van der Waals surface area contributed by atoms with Gasteiger partial charge in [-0.3, -0.25) is 10.2 Å². The summed E-state index contributed by atoms with van der Waals surface area (Å²) in [6, 6.07) is 0. The number of hydrogen-bond donors (Lipinski definition) is 2. The van der Waals surface area contributed by atoms with Crippen LogP contribution in [0.2, 0.25) is 0 Å². The minimum absolute atomic E-state index is 0.393. The molecule has 0 radical (unpaired) electrons. The van der Waals surface area contributed by atoms with Crippen LogP contribution in [0.1, 0.15) is 19.3 Å². The largest absolute Gasteiger partial charge is 0.372 e. The average Bonchev–Trinajstić information content (AvgIpc) is 3.06. The van der Waals surface area contributed by atoms with E-state index in [1.165, 1.54) is 18.4 Å². The van der Waals surface area contributed by atoms with Crippen LogP contribution < -0.4 is 10.6 Å². The highest BCUT2D eigenvalue weighted by Crippen LogP contribution is 2.28. The molecule has 19 heavy (non-hydrogen) atoms. The zero-order valence-corrected chi connectivity index (χ0v) is 11.3. The van der Waals surface area contributed by atoms with Gasteiger partial charge in [0.05, 0.1) is 12.8 Å². The molecule has 0 aliphatic carbocycles. The lowest BCUT2D eigenvalue weighted by molar-refractivity contribution is 0.0769. The van der Waals surface area contributed by atoms with Crippen LogP contribution in [0.4, 0.5) is 0 Å². The molecular formula is C15H22N4. The zero-order chi connectivity index (χ0) is 12.7. The first kappa shape index (κ1) is 11.6. The molecule has 0 bridgehead atoms. The monoisotopic (exact) mass is 258 g/mol. The molecular weight excluding hydrogens is 236 g/mol. The van der Waals surface area contributed by atoms with Gasteiger partial charge in [-0.15, -0.1) is 0 Å². The fraction of sp³-hybridized carbons (Fsp3) is 0.600. The van der Waals surface area contributed by atoms with Crippen molar-refractivity contribution >= 4 is 0 Å². The van der Waals surface area contributed by atoms with Crippen molar-refractivity contribution in [2.24, 2.45) is 5.92 Å². The SMILES string of the molecule is C1=CC2=CCCN(CN3C=CC4CCCNC43)C2N1. The lowest BCUT2D eigenvalue weighted by Gasteiger charge is -2.40. The lowest BCUT2D eigenvalue weighted by Crippen LogP contribution is -2.54. The quantitative estimate of drug-likeness (QED) is 0.778. The van der Waals surface area contributed by atoms with Crippen LogP contribution in [0.3, 0.4) is 0 Å². The van der Waals surface area contributed by atoms with Gasteiger partial charge in [-0.1, -0.05) is 12.2 Å². The van der Waals surface area contributed by atoms with E-state index in [0.29, 0.717) is 18.2 Å². The number of nitrogens with one attached hydrogen (secondary N) is 2. The second kappa shape index (κ2) is 4.69. The first-order valence-corrected chi connectivity index (χ1v) is 7.46. The Labute approximate surface area is 114 Å². The Kier molecular flexibility index (Phi) is 2.85. The van der Waals surface area contributed by atoms with Gasteiger partial charge >= 0.3 is 0 Å². The highest BCUT2D eigenvalue weighted by Gasteiger charge is 2.34. The molecule has 3 atom stereocenters. The van der Waals surface area contributed by atoms with E-state index in [0.717, 1.165) is 26.2 Å². The van der Waals surface area contributed by atoms with Crippen molar-refractivity contribution in [3.63, 3.8) is 0 Å². The Bertz CT molecular complexity index is 439. The number of nitrogens with zero attached hydrogens (tertiary/aromatic N) is 2. The topological polar surface area (TPSA) is 30.5 Å². The summed E-state index contributed by atoms with van der Waals surface area (Å²) in [6.45, 7) is 3.32. The third-order valence-corrected chi connectivity index (χ3v) is 4.71. The molecule has 4 heteroatoms. The third-order valence-electron chi connectivity index (χ3n) is 4.71. The summed E-state index contributed by atoms with van der Waals surface area (Å²) in [4.78, 5) is 5.02. The molecule has 0 saturated carbocycles. The molecule has 4 rings (SSSR count). The first-order valence-electron chi connectivity index (χ1n) is 7.46. The molecule has 4 aliphatic rings. The maximum atomic E-state index is 3.67. The smallest absolute Gasteiger partial charge is 0.106 e. The summed E-state index contributed by atoms with van der Waals surface area (Å²) in [5.41, 5.74) is 1.43. The summed E-state index contributed by atoms with van der Waals surface area (Å²) in [6.07, 6.45) is 16.1. The predicted molar refractivity (Wildman–Crippen MR) is 75.8 cm³/mol. The molecule has 4 aliphatic heterocycles. The van der Waals surface area contributed by atoms with Crippen molar-refractivity contribution in [3.05, 3.63) is 36.2 Å². The molecule has 0 spiro atoms. The van der Waals surface area contributed by atoms with Crippen molar-refractivity contribution in [2.75, 3.05) is 19.8 Å². The first-order chi connectivity index (χ1) is 9.42. The van der Waals surface area contributed by atoms with Gasteiger partial charge in [0.2, 0.25) is 0 Å². The van der Waals surface area contributed by atoms with Crippen LogP contribution in [0.5, 0.6) is 0 Å². The van der Waals surface area contributed by atoms with E-state index in [4.69, 9.17) is 0 Å². The Balaban J connectivity index is 1.44. The van der Waals surface area contributed by atoms with Gasteiger partial charge in [0, 0.05) is 12.5 Å². The molecule has 1 saturated heterocycles. The second-order valence-corrected chi connectivity index (χ2v) is 5.91. The molecule has 0 amide bonds. The predicted octanol–water partition coefficient (Wildman–Crippen LogP) is 1.17. The maximum absolute atomic E-state index is 3.67. The molecule has 0 aromatic heterocycles. The van der Waals surface area contributed by atoms with Crippen molar-refractivity contribution in [1.29, 1.82) is 0 Å². The summed E-state index contributed by atoms with van der Waals surface area (Å²) < 4.78 is 0. The van der Waals surface area contributed by atoms with Crippen LogP contribution in [0.15, 0.2) is 36.2 Å². The number of hydrogen-bond acceptors (Lipinski definition) is 4. The van der Waals surface area contributed by atoms with Gasteiger partial charge in [-0.2, -0.15) is 0 Å². The minimum atomic E-state index is 0.393. The van der Waals surface area contributed by atoms with E-state index in [-0.39, 0.29) is 0 Å². The van der Waals surface area contributed by atoms with Gasteiger partial charge in [0.25, 0.3) is 0 Å². The second-order valence-electron chi connectivity index (χ2n) is 5.91. The summed E-state index contributed by atoms with van der Waals surface area (Å²) in [5.74, 6) is 0.711. The number of piperidine rings is 1. The van der Waals surface area contributed by atoms with Gasteiger partial charge < -0.3 is 10.2 Å². The van der Waals surface area contributed by atoms with Gasteiger partial charge in [-0.05, 0) is 49.9 Å². The fourth-order valence-corrected chi connectivity index (χ4v) is 3.72. The van der Waals surface area contributed by atoms with Gasteiger partial charge in [0.1, 0.15) is 6.17 Å². The molecule has 0 aromatic carbocycles. The lowest BCUT2D eigenvalue weighted by atomic mass is 9.98. The average molecular weight is 258 g/mol. The Morgan fingerprint density at radius 1 is 1.37 bits per heavy atom. The van der Waals surface area contributed by atoms with Crippen molar-refractivity contribution < 1.29 is 0 Å². The summed E-state index contributed by atoms with van der Waals surface area (Å²) in [5, 5.41) is 7.13. The van der Waals surface area contributed by atoms with Crippen LogP contribution >= 0.6 is 0 Å². The van der Waals surface area contributed by atoms with Crippen LogP contribution in [-0.2, 0) is 0 Å². The van der Waals surface area contributed by atoms with E-state index in [9.17, 15) is 0 Å². The van der Waals surface area contributed by atoms with Gasteiger partial charge in [-0.25, -0.2) is 0 Å². The van der Waals surface area contributed by atoms with Crippen molar-refractivity contribution in [2.45, 2.75) is 31.6 Å². The van der Waals surface area contributed by atoms with Crippen LogP contribution in [0.25, 0.3) is 0 Å². The van der Waals surface area contributed by atoms with Crippen molar-refractivity contribution in [3.8, 4) is 0 Å². The maximum Gasteiger partial charge on any atom is 0.106 e. The molecule has 3 unspecified atom stereocenters. The molecule has 2 N–H and O–H groups in total. The number of fused-ring (bicyclic) bond motifs is 2. The molecule has 102 valence electrons. The summed E-state index contributed by atoms with van der Waals surface area (Å²) in [7, 11) is 0. The van der Waals surface area contributed by atoms with E-state index in [1.807, 2.05) is 0 Å². The highest BCUT2D eigenvalue weighted by atomic mass is 15.4. The van der Waals surface area contributed by atoms with E-state index in [1.54, 1.807) is 0 Å². The summed E-state index contributed by atoms with van der Waals surface area (Å²) >= 11 is 0. The standard InChI is InChI=1S/C15H22N4/c1-3-13-6-10-19(15(13)16-7-1)11-18-9-2-4-12-5-8-17-14(12)18/h4-6,8,10,13-17H,1-3,7,9,11H2. The normalized spacial score (nSPS) is 36.9. The molecule has 4 nitrogen and oxygen atoms in total.